The summed E-state index contributed by atoms with van der Waals surface area (Å²) in [6.45, 7) is -0.0471. The highest BCUT2D eigenvalue weighted by Crippen LogP contribution is 2.33. The number of fused-ring (bicyclic) bond motifs is 1. The molecule has 0 aliphatic rings. The van der Waals surface area contributed by atoms with Crippen LogP contribution in [0.3, 0.4) is 0 Å². The van der Waals surface area contributed by atoms with Crippen molar-refractivity contribution in [3.05, 3.63) is 96.2 Å². The summed E-state index contributed by atoms with van der Waals surface area (Å²) in [5, 5.41) is 1.10. The summed E-state index contributed by atoms with van der Waals surface area (Å²) >= 11 is 0. The minimum absolute atomic E-state index is 0.0471. The molecule has 0 radical (unpaired) electrons. The van der Waals surface area contributed by atoms with Crippen LogP contribution in [0.2, 0.25) is 0 Å². The third kappa shape index (κ3) is 4.01. The normalized spacial score (nSPS) is 11.8. The fourth-order valence-corrected chi connectivity index (χ4v) is 3.63. The third-order valence-electron chi connectivity index (χ3n) is 5.23. The van der Waals surface area contributed by atoms with E-state index in [4.69, 9.17) is 9.47 Å². The highest BCUT2D eigenvalue weighted by atomic mass is 16.5. The lowest BCUT2D eigenvalue weighted by Gasteiger charge is -2.29. The monoisotopic (exact) mass is 400 g/mol. The Hall–Kier alpha value is -3.73. The minimum atomic E-state index is -0.227. The second-order valence-corrected chi connectivity index (χ2v) is 7.07. The van der Waals surface area contributed by atoms with E-state index in [1.807, 2.05) is 73.9 Å². The molecule has 1 N–H and O–H groups in total. The number of H-pyrrole nitrogens is 1. The molecule has 3 aromatic carbocycles. The van der Waals surface area contributed by atoms with Crippen LogP contribution in [0.1, 0.15) is 17.2 Å². The number of benzene rings is 3. The molecular formula is C25H24N2O3. The Kier molecular flexibility index (Phi) is 5.70. The lowest BCUT2D eigenvalue weighted by Crippen LogP contribution is -2.35. The zero-order chi connectivity index (χ0) is 20.9. The molecule has 1 amide bonds. The van der Waals surface area contributed by atoms with Gasteiger partial charge in [0.2, 0.25) is 0 Å². The Morgan fingerprint density at radius 2 is 1.60 bits per heavy atom. The van der Waals surface area contributed by atoms with Gasteiger partial charge in [0.25, 0.3) is 5.91 Å². The number of ether oxygens (including phenoxy) is 2. The fraction of sp³-hybridized carbons (Fsp3) is 0.160. The number of aromatic nitrogens is 1. The van der Waals surface area contributed by atoms with E-state index in [1.165, 1.54) is 0 Å². The second kappa shape index (κ2) is 8.74. The molecule has 0 unspecified atom stereocenters. The first-order valence-electron chi connectivity index (χ1n) is 9.81. The van der Waals surface area contributed by atoms with Crippen LogP contribution in [-0.4, -0.2) is 36.6 Å². The summed E-state index contributed by atoms with van der Waals surface area (Å²) < 4.78 is 10.9. The van der Waals surface area contributed by atoms with Gasteiger partial charge in [-0.25, -0.2) is 0 Å². The SMILES string of the molecule is COc1ccc(OCC(=O)N(C)[C@@H](c2ccccc2)c2c[nH]c3ccccc23)cc1. The number of para-hydroxylation sites is 1. The maximum atomic E-state index is 13.1. The number of hydrogen-bond acceptors (Lipinski definition) is 3. The molecule has 4 aromatic rings. The van der Waals surface area contributed by atoms with Gasteiger partial charge in [-0.2, -0.15) is 0 Å². The standard InChI is InChI=1S/C25H24N2O3/c1-27(24(28)17-30-20-14-12-19(29-2)13-15-20)25(18-8-4-3-5-9-18)22-16-26-23-11-7-6-10-21(22)23/h3-16,25-26H,17H2,1-2H3/t25-/m0/s1. The van der Waals surface area contributed by atoms with Gasteiger partial charge in [0.05, 0.1) is 13.2 Å². The van der Waals surface area contributed by atoms with Gasteiger partial charge in [0.1, 0.15) is 11.5 Å². The molecule has 4 rings (SSSR count). The number of hydrogen-bond donors (Lipinski definition) is 1. The molecule has 5 heteroatoms. The van der Waals surface area contributed by atoms with Gasteiger partial charge in [0.15, 0.2) is 6.61 Å². The van der Waals surface area contributed by atoms with Gasteiger partial charge in [-0.3, -0.25) is 4.79 Å². The summed E-state index contributed by atoms with van der Waals surface area (Å²) in [5.41, 5.74) is 3.14. The van der Waals surface area contributed by atoms with Crippen molar-refractivity contribution in [2.24, 2.45) is 0 Å². The zero-order valence-corrected chi connectivity index (χ0v) is 17.0. The van der Waals surface area contributed by atoms with Crippen molar-refractivity contribution in [1.82, 2.24) is 9.88 Å². The second-order valence-electron chi connectivity index (χ2n) is 7.07. The number of carbonyl (C=O) groups excluding carboxylic acids is 1. The van der Waals surface area contributed by atoms with E-state index in [9.17, 15) is 4.79 Å². The van der Waals surface area contributed by atoms with E-state index in [1.54, 1.807) is 24.1 Å². The van der Waals surface area contributed by atoms with Crippen molar-refractivity contribution in [2.45, 2.75) is 6.04 Å². The first kappa shape index (κ1) is 19.6. The predicted molar refractivity (Wildman–Crippen MR) is 118 cm³/mol. The van der Waals surface area contributed by atoms with E-state index >= 15 is 0 Å². The number of nitrogens with one attached hydrogen (secondary N) is 1. The molecule has 0 aliphatic carbocycles. The van der Waals surface area contributed by atoms with Gasteiger partial charge in [-0.15, -0.1) is 0 Å². The van der Waals surface area contributed by atoms with E-state index in [0.717, 1.165) is 27.8 Å². The van der Waals surface area contributed by atoms with Crippen LogP contribution < -0.4 is 9.47 Å². The van der Waals surface area contributed by atoms with Crippen LogP contribution in [0.4, 0.5) is 0 Å². The molecule has 0 aliphatic heterocycles. The molecule has 0 saturated carbocycles. The number of likely N-dealkylation sites (N-methyl/N-ethyl adjacent to an activating group) is 1. The molecule has 0 spiro atoms. The smallest absolute Gasteiger partial charge is 0.261 e. The van der Waals surface area contributed by atoms with Crippen molar-refractivity contribution in [2.75, 3.05) is 20.8 Å². The topological polar surface area (TPSA) is 54.6 Å². The Morgan fingerprint density at radius 1 is 0.933 bits per heavy atom. The van der Waals surface area contributed by atoms with Crippen LogP contribution in [0.25, 0.3) is 10.9 Å². The van der Waals surface area contributed by atoms with E-state index in [-0.39, 0.29) is 18.6 Å². The third-order valence-corrected chi connectivity index (χ3v) is 5.23. The summed E-state index contributed by atoms with van der Waals surface area (Å²) in [6.07, 6.45) is 1.98. The first-order valence-corrected chi connectivity index (χ1v) is 9.81. The minimum Gasteiger partial charge on any atom is -0.497 e. The number of rotatable bonds is 7. The molecule has 30 heavy (non-hydrogen) atoms. The molecular weight excluding hydrogens is 376 g/mol. The van der Waals surface area contributed by atoms with Crippen LogP contribution in [0.5, 0.6) is 11.5 Å². The maximum Gasteiger partial charge on any atom is 0.261 e. The quantitative estimate of drug-likeness (QED) is 0.485. The Balaban J connectivity index is 1.59. The van der Waals surface area contributed by atoms with Crippen molar-refractivity contribution in [1.29, 1.82) is 0 Å². The lowest BCUT2D eigenvalue weighted by molar-refractivity contribution is -0.133. The highest BCUT2D eigenvalue weighted by Gasteiger charge is 2.26. The number of amides is 1. The lowest BCUT2D eigenvalue weighted by atomic mass is 9.97. The summed E-state index contributed by atoms with van der Waals surface area (Å²) in [5.74, 6) is 1.26. The maximum absolute atomic E-state index is 13.1. The van der Waals surface area contributed by atoms with Gasteiger partial charge >= 0.3 is 0 Å². The van der Waals surface area contributed by atoms with E-state index in [2.05, 4.69) is 11.1 Å². The Morgan fingerprint density at radius 3 is 2.33 bits per heavy atom. The molecule has 5 nitrogen and oxygen atoms in total. The first-order chi connectivity index (χ1) is 14.7. The van der Waals surface area contributed by atoms with Gasteiger partial charge < -0.3 is 19.4 Å². The Labute approximate surface area is 175 Å². The van der Waals surface area contributed by atoms with Crippen LogP contribution in [0, 0.1) is 0 Å². The van der Waals surface area contributed by atoms with Gasteiger partial charge in [-0.1, -0.05) is 48.5 Å². The largest absolute Gasteiger partial charge is 0.497 e. The zero-order valence-electron chi connectivity index (χ0n) is 17.0. The number of carbonyl (C=O) groups is 1. The number of aromatic amines is 1. The summed E-state index contributed by atoms with van der Waals surface area (Å²) in [4.78, 5) is 18.1. The van der Waals surface area contributed by atoms with Gasteiger partial charge in [-0.05, 0) is 35.9 Å². The molecule has 1 atom stereocenters. The average molecular weight is 400 g/mol. The van der Waals surface area contributed by atoms with E-state index < -0.39 is 0 Å². The molecule has 1 aromatic heterocycles. The Bertz CT molecular complexity index is 1120. The molecule has 0 saturated heterocycles. The van der Waals surface area contributed by atoms with Gasteiger partial charge in [0, 0.05) is 29.7 Å². The van der Waals surface area contributed by atoms with Crippen LogP contribution >= 0.6 is 0 Å². The van der Waals surface area contributed by atoms with Crippen molar-refractivity contribution < 1.29 is 14.3 Å². The molecule has 1 heterocycles. The number of nitrogens with zero attached hydrogens (tertiary/aromatic N) is 1. The fourth-order valence-electron chi connectivity index (χ4n) is 3.63. The van der Waals surface area contributed by atoms with Crippen molar-refractivity contribution >= 4 is 16.8 Å². The molecule has 0 bridgehead atoms. The summed E-state index contributed by atoms with van der Waals surface area (Å²) in [6, 6.07) is 25.1. The van der Waals surface area contributed by atoms with Crippen LogP contribution in [0.15, 0.2) is 85.1 Å². The predicted octanol–water partition coefficient (Wildman–Crippen LogP) is 4.80. The number of methoxy groups -OCH3 is 1. The molecule has 0 fully saturated rings. The van der Waals surface area contributed by atoms with Crippen LogP contribution in [-0.2, 0) is 4.79 Å². The highest BCUT2D eigenvalue weighted by molar-refractivity contribution is 5.85. The molecule has 152 valence electrons. The van der Waals surface area contributed by atoms with Crippen molar-refractivity contribution in [3.8, 4) is 11.5 Å². The summed E-state index contributed by atoms with van der Waals surface area (Å²) in [7, 11) is 3.43. The average Bonchev–Trinajstić information content (AvgIpc) is 3.22. The van der Waals surface area contributed by atoms with E-state index in [0.29, 0.717) is 5.75 Å². The van der Waals surface area contributed by atoms with Crippen molar-refractivity contribution in [3.63, 3.8) is 0 Å².